The van der Waals surface area contributed by atoms with Crippen molar-refractivity contribution in [2.75, 3.05) is 26.2 Å². The number of carboxylic acid groups (broad SMARTS) is 1. The number of benzene rings is 1. The highest BCUT2D eigenvalue weighted by atomic mass is 16.4. The van der Waals surface area contributed by atoms with E-state index in [0.717, 1.165) is 49.9 Å². The van der Waals surface area contributed by atoms with Crippen molar-refractivity contribution >= 4 is 22.8 Å². The zero-order valence-electron chi connectivity index (χ0n) is 14.8. The first kappa shape index (κ1) is 17.1. The molecule has 0 saturated carbocycles. The molecule has 0 atom stereocenters. The quantitative estimate of drug-likeness (QED) is 0.912. The summed E-state index contributed by atoms with van der Waals surface area (Å²) in [5, 5.41) is 10.2. The molecule has 3 heterocycles. The molecule has 26 heavy (non-hydrogen) atoms. The molecule has 138 valence electrons. The number of piperidine rings is 2. The first-order chi connectivity index (χ1) is 12.5. The van der Waals surface area contributed by atoms with Crippen LogP contribution in [0.2, 0.25) is 0 Å². The fourth-order valence-electron chi connectivity index (χ4n) is 4.38. The maximum Gasteiger partial charge on any atom is 0.323 e. The monoisotopic (exact) mass is 356 g/mol. The van der Waals surface area contributed by atoms with E-state index in [4.69, 9.17) is 9.52 Å². The third kappa shape index (κ3) is 3.46. The van der Waals surface area contributed by atoms with E-state index < -0.39 is 5.97 Å². The number of hydrogen-bond acceptors (Lipinski definition) is 4. The number of furan rings is 1. The van der Waals surface area contributed by atoms with Crippen molar-refractivity contribution in [1.82, 2.24) is 9.80 Å². The van der Waals surface area contributed by atoms with Crippen molar-refractivity contribution in [3.63, 3.8) is 0 Å². The SMILES string of the molecule is O=C(O)CN1CC2(CCC1=O)CCN(Cc1ccc3occc3c1)CC2. The Balaban J connectivity index is 1.37. The van der Waals surface area contributed by atoms with Crippen molar-refractivity contribution in [3.05, 3.63) is 36.1 Å². The van der Waals surface area contributed by atoms with Crippen molar-refractivity contribution in [2.24, 2.45) is 5.41 Å². The van der Waals surface area contributed by atoms with Crippen LogP contribution in [-0.2, 0) is 16.1 Å². The van der Waals surface area contributed by atoms with Crippen molar-refractivity contribution < 1.29 is 19.1 Å². The molecule has 2 fully saturated rings. The summed E-state index contributed by atoms with van der Waals surface area (Å²) in [5.41, 5.74) is 2.28. The number of carboxylic acids is 1. The predicted octanol–water partition coefficient (Wildman–Crippen LogP) is 2.72. The minimum Gasteiger partial charge on any atom is -0.480 e. The van der Waals surface area contributed by atoms with Gasteiger partial charge < -0.3 is 14.4 Å². The number of aliphatic carboxylic acids is 1. The fraction of sp³-hybridized carbons (Fsp3) is 0.500. The van der Waals surface area contributed by atoms with Crippen molar-refractivity contribution in [3.8, 4) is 0 Å². The minimum atomic E-state index is -0.928. The van der Waals surface area contributed by atoms with E-state index in [-0.39, 0.29) is 17.9 Å². The Morgan fingerprint density at radius 2 is 2.00 bits per heavy atom. The molecule has 1 amide bonds. The number of likely N-dealkylation sites (tertiary alicyclic amines) is 2. The number of carbonyl (C=O) groups is 2. The molecule has 1 N–H and O–H groups in total. The Morgan fingerprint density at radius 3 is 2.77 bits per heavy atom. The lowest BCUT2D eigenvalue weighted by Crippen LogP contribution is -2.52. The highest BCUT2D eigenvalue weighted by Gasteiger charge is 2.41. The molecule has 4 rings (SSSR count). The lowest BCUT2D eigenvalue weighted by Gasteiger charge is -2.47. The highest BCUT2D eigenvalue weighted by molar-refractivity contribution is 5.82. The third-order valence-corrected chi connectivity index (χ3v) is 5.91. The molecule has 2 aliphatic heterocycles. The van der Waals surface area contributed by atoms with Gasteiger partial charge in [-0.3, -0.25) is 14.5 Å². The van der Waals surface area contributed by atoms with Crippen LogP contribution in [0, 0.1) is 5.41 Å². The van der Waals surface area contributed by atoms with Crippen molar-refractivity contribution in [2.45, 2.75) is 32.2 Å². The zero-order chi connectivity index (χ0) is 18.1. The maximum absolute atomic E-state index is 12.0. The van der Waals surface area contributed by atoms with Crippen LogP contribution in [-0.4, -0.2) is 53.0 Å². The van der Waals surface area contributed by atoms with Gasteiger partial charge in [0.25, 0.3) is 0 Å². The molecule has 0 unspecified atom stereocenters. The average molecular weight is 356 g/mol. The summed E-state index contributed by atoms with van der Waals surface area (Å²) in [6.07, 6.45) is 5.11. The van der Waals surface area contributed by atoms with Crippen LogP contribution < -0.4 is 0 Å². The average Bonchev–Trinajstić information content (AvgIpc) is 3.08. The largest absolute Gasteiger partial charge is 0.480 e. The number of nitrogens with zero attached hydrogens (tertiary/aromatic N) is 2. The van der Waals surface area contributed by atoms with E-state index in [1.807, 2.05) is 12.1 Å². The Labute approximate surface area is 152 Å². The van der Waals surface area contributed by atoms with Crippen LogP contribution in [0.5, 0.6) is 0 Å². The Kier molecular flexibility index (Phi) is 4.44. The lowest BCUT2D eigenvalue weighted by molar-refractivity contribution is -0.149. The number of amides is 1. The predicted molar refractivity (Wildman–Crippen MR) is 96.6 cm³/mol. The van der Waals surface area contributed by atoms with Gasteiger partial charge in [-0.2, -0.15) is 0 Å². The molecule has 1 aromatic carbocycles. The maximum atomic E-state index is 12.0. The molecule has 1 spiro atoms. The molecular weight excluding hydrogens is 332 g/mol. The molecule has 0 bridgehead atoms. The molecule has 2 aromatic rings. The van der Waals surface area contributed by atoms with Gasteiger partial charge in [0.2, 0.25) is 5.91 Å². The third-order valence-electron chi connectivity index (χ3n) is 5.91. The normalized spacial score (nSPS) is 20.8. The molecule has 0 aliphatic carbocycles. The van der Waals surface area contributed by atoms with Gasteiger partial charge in [-0.25, -0.2) is 0 Å². The van der Waals surface area contributed by atoms with Gasteiger partial charge in [-0.15, -0.1) is 0 Å². The van der Waals surface area contributed by atoms with E-state index in [2.05, 4.69) is 17.0 Å². The minimum absolute atomic E-state index is 0.0196. The van der Waals surface area contributed by atoms with Gasteiger partial charge in [0, 0.05) is 24.9 Å². The van der Waals surface area contributed by atoms with Crippen LogP contribution >= 0.6 is 0 Å². The summed E-state index contributed by atoms with van der Waals surface area (Å²) in [7, 11) is 0. The molecule has 2 aliphatic rings. The van der Waals surface area contributed by atoms with E-state index >= 15 is 0 Å². The molecule has 6 nitrogen and oxygen atoms in total. The van der Waals surface area contributed by atoms with Crippen LogP contribution in [0.15, 0.2) is 34.9 Å². The summed E-state index contributed by atoms with van der Waals surface area (Å²) in [5.74, 6) is -0.948. The topological polar surface area (TPSA) is 74.0 Å². The first-order valence-corrected chi connectivity index (χ1v) is 9.21. The van der Waals surface area contributed by atoms with Gasteiger partial charge in [0.15, 0.2) is 0 Å². The lowest BCUT2D eigenvalue weighted by atomic mass is 9.72. The molecule has 1 aromatic heterocycles. The van der Waals surface area contributed by atoms with Gasteiger partial charge >= 0.3 is 5.97 Å². The van der Waals surface area contributed by atoms with E-state index in [1.165, 1.54) is 10.5 Å². The van der Waals surface area contributed by atoms with Crippen LogP contribution in [0.3, 0.4) is 0 Å². The molecular formula is C20H24N2O4. The van der Waals surface area contributed by atoms with Gasteiger partial charge in [0.1, 0.15) is 12.1 Å². The number of fused-ring (bicyclic) bond motifs is 1. The Hall–Kier alpha value is -2.34. The second kappa shape index (κ2) is 6.76. The van der Waals surface area contributed by atoms with Crippen LogP contribution in [0.1, 0.15) is 31.2 Å². The first-order valence-electron chi connectivity index (χ1n) is 9.21. The Morgan fingerprint density at radius 1 is 1.19 bits per heavy atom. The number of hydrogen-bond donors (Lipinski definition) is 1. The number of carbonyl (C=O) groups excluding carboxylic acids is 1. The zero-order valence-corrected chi connectivity index (χ0v) is 14.8. The highest BCUT2D eigenvalue weighted by Crippen LogP contribution is 2.40. The van der Waals surface area contributed by atoms with Gasteiger partial charge in [-0.05, 0) is 61.5 Å². The summed E-state index contributed by atoms with van der Waals surface area (Å²) in [4.78, 5) is 27.0. The summed E-state index contributed by atoms with van der Waals surface area (Å²) < 4.78 is 5.40. The van der Waals surface area contributed by atoms with Crippen molar-refractivity contribution in [1.29, 1.82) is 0 Å². The van der Waals surface area contributed by atoms with Crippen LogP contribution in [0.25, 0.3) is 11.0 Å². The smallest absolute Gasteiger partial charge is 0.323 e. The molecule has 2 saturated heterocycles. The summed E-state index contributed by atoms with van der Waals surface area (Å²) in [6, 6.07) is 8.30. The molecule has 0 radical (unpaired) electrons. The van der Waals surface area contributed by atoms with Gasteiger partial charge in [0.05, 0.1) is 6.26 Å². The second-order valence-electron chi connectivity index (χ2n) is 7.71. The van der Waals surface area contributed by atoms with Crippen LogP contribution in [0.4, 0.5) is 0 Å². The molecule has 6 heteroatoms. The van der Waals surface area contributed by atoms with E-state index in [0.29, 0.717) is 13.0 Å². The van der Waals surface area contributed by atoms with Gasteiger partial charge in [-0.1, -0.05) is 6.07 Å². The Bertz CT molecular complexity index is 820. The standard InChI is InChI=1S/C20H24N2O4/c23-18-3-5-20(14-22(18)13-19(24)25)6-8-21(9-7-20)12-15-1-2-17-16(11-15)4-10-26-17/h1-2,4,10-11H,3,5-9,12-14H2,(H,24,25). The number of rotatable bonds is 4. The van der Waals surface area contributed by atoms with E-state index in [1.54, 1.807) is 6.26 Å². The van der Waals surface area contributed by atoms with E-state index in [9.17, 15) is 9.59 Å². The summed E-state index contributed by atoms with van der Waals surface area (Å²) >= 11 is 0. The second-order valence-corrected chi connectivity index (χ2v) is 7.71. The summed E-state index contributed by atoms with van der Waals surface area (Å²) in [6.45, 7) is 3.30. The fourth-order valence-corrected chi connectivity index (χ4v) is 4.38.